The third-order valence-corrected chi connectivity index (χ3v) is 3.17. The quantitative estimate of drug-likeness (QED) is 0.744. The summed E-state index contributed by atoms with van der Waals surface area (Å²) in [5, 5.41) is 9.85. The molecule has 0 atom stereocenters. The number of rotatable bonds is 2. The molecular weight excluding hydrogens is 311 g/mol. The Morgan fingerprint density at radius 1 is 1.05 bits per heavy atom. The summed E-state index contributed by atoms with van der Waals surface area (Å²) in [4.78, 5) is 23.8. The van der Waals surface area contributed by atoms with Crippen molar-refractivity contribution in [3.8, 4) is 5.75 Å². The fraction of sp³-hybridized carbons (Fsp3) is 0.0667. The van der Waals surface area contributed by atoms with Crippen LogP contribution in [0.3, 0.4) is 0 Å². The molecule has 0 aliphatic carbocycles. The molecule has 0 saturated heterocycles. The number of hydrogen-bond acceptors (Lipinski definition) is 3. The van der Waals surface area contributed by atoms with Crippen LogP contribution in [0.25, 0.3) is 0 Å². The zero-order chi connectivity index (χ0) is 16.3. The minimum Gasteiger partial charge on any atom is -0.507 e. The van der Waals surface area contributed by atoms with Gasteiger partial charge >= 0.3 is 0 Å². The Morgan fingerprint density at radius 3 is 2.36 bits per heavy atom. The SMILES string of the molecule is Cc1ccc(F)cc1C(=O)NNC(=O)c1cc(Cl)ccc1O. The van der Waals surface area contributed by atoms with Crippen LogP contribution in [0.15, 0.2) is 36.4 Å². The van der Waals surface area contributed by atoms with E-state index in [0.29, 0.717) is 5.56 Å². The van der Waals surface area contributed by atoms with Gasteiger partial charge in [0.05, 0.1) is 5.56 Å². The lowest BCUT2D eigenvalue weighted by Crippen LogP contribution is -2.41. The van der Waals surface area contributed by atoms with Crippen LogP contribution in [-0.4, -0.2) is 16.9 Å². The number of hydrazine groups is 1. The number of aryl methyl sites for hydroxylation is 1. The first-order valence-electron chi connectivity index (χ1n) is 6.24. The van der Waals surface area contributed by atoms with E-state index in [1.54, 1.807) is 6.92 Å². The summed E-state index contributed by atoms with van der Waals surface area (Å²) in [7, 11) is 0. The van der Waals surface area contributed by atoms with Gasteiger partial charge in [-0.2, -0.15) is 0 Å². The van der Waals surface area contributed by atoms with Gasteiger partial charge < -0.3 is 5.11 Å². The van der Waals surface area contributed by atoms with E-state index in [4.69, 9.17) is 11.6 Å². The summed E-state index contributed by atoms with van der Waals surface area (Å²) in [5.74, 6) is -2.26. The summed E-state index contributed by atoms with van der Waals surface area (Å²) < 4.78 is 13.2. The maximum absolute atomic E-state index is 13.2. The molecule has 3 N–H and O–H groups in total. The number of amides is 2. The molecule has 0 bridgehead atoms. The highest BCUT2D eigenvalue weighted by atomic mass is 35.5. The highest BCUT2D eigenvalue weighted by Gasteiger charge is 2.14. The van der Waals surface area contributed by atoms with Gasteiger partial charge in [0.1, 0.15) is 11.6 Å². The highest BCUT2D eigenvalue weighted by molar-refractivity contribution is 6.31. The summed E-state index contributed by atoms with van der Waals surface area (Å²) in [6.07, 6.45) is 0. The average Bonchev–Trinajstić information content (AvgIpc) is 2.49. The van der Waals surface area contributed by atoms with E-state index in [-0.39, 0.29) is 21.9 Å². The van der Waals surface area contributed by atoms with Crippen molar-refractivity contribution in [2.24, 2.45) is 0 Å². The topological polar surface area (TPSA) is 78.4 Å². The number of carbonyl (C=O) groups excluding carboxylic acids is 2. The maximum Gasteiger partial charge on any atom is 0.273 e. The Bertz CT molecular complexity index is 686. The van der Waals surface area contributed by atoms with Crippen molar-refractivity contribution < 1.29 is 19.1 Å². The minimum absolute atomic E-state index is 0.0932. The smallest absolute Gasteiger partial charge is 0.273 e. The second-order valence-electron chi connectivity index (χ2n) is 4.53. The molecule has 2 aromatic carbocycles. The van der Waals surface area contributed by atoms with Gasteiger partial charge in [-0.05, 0) is 42.8 Å². The van der Waals surface area contributed by atoms with E-state index >= 15 is 0 Å². The molecule has 22 heavy (non-hydrogen) atoms. The minimum atomic E-state index is -0.748. The second-order valence-corrected chi connectivity index (χ2v) is 4.97. The number of benzene rings is 2. The molecule has 7 heteroatoms. The summed E-state index contributed by atoms with van der Waals surface area (Å²) in [6.45, 7) is 1.64. The van der Waals surface area contributed by atoms with Gasteiger partial charge in [-0.25, -0.2) is 4.39 Å². The number of carbonyl (C=O) groups is 2. The number of hydrogen-bond donors (Lipinski definition) is 3. The van der Waals surface area contributed by atoms with Gasteiger partial charge in [-0.3, -0.25) is 20.4 Å². The fourth-order valence-corrected chi connectivity index (χ4v) is 1.95. The zero-order valence-electron chi connectivity index (χ0n) is 11.5. The first-order valence-corrected chi connectivity index (χ1v) is 6.61. The lowest BCUT2D eigenvalue weighted by molar-refractivity contribution is 0.0844. The van der Waals surface area contributed by atoms with E-state index in [1.165, 1.54) is 30.3 Å². The molecule has 2 amide bonds. The predicted octanol–water partition coefficient (Wildman–Crippen LogP) is 2.57. The Balaban J connectivity index is 2.09. The van der Waals surface area contributed by atoms with Crippen LogP contribution in [0.2, 0.25) is 5.02 Å². The molecule has 2 rings (SSSR count). The van der Waals surface area contributed by atoms with Crippen molar-refractivity contribution in [2.75, 3.05) is 0 Å². The lowest BCUT2D eigenvalue weighted by Gasteiger charge is -2.10. The van der Waals surface area contributed by atoms with Crippen LogP contribution in [0.4, 0.5) is 4.39 Å². The van der Waals surface area contributed by atoms with Crippen molar-refractivity contribution >= 4 is 23.4 Å². The van der Waals surface area contributed by atoms with Crippen LogP contribution in [0.1, 0.15) is 26.3 Å². The fourth-order valence-electron chi connectivity index (χ4n) is 1.78. The Labute approximate surface area is 130 Å². The van der Waals surface area contributed by atoms with Crippen LogP contribution >= 0.6 is 11.6 Å². The van der Waals surface area contributed by atoms with E-state index < -0.39 is 17.6 Å². The standard InChI is InChI=1S/C15H12ClFN2O3/c1-8-2-4-10(17)7-11(8)14(21)18-19-15(22)12-6-9(16)3-5-13(12)20/h2-7,20H,1H3,(H,18,21)(H,19,22). The number of halogens is 2. The van der Waals surface area contributed by atoms with Crippen LogP contribution in [-0.2, 0) is 0 Å². The molecule has 114 valence electrons. The highest BCUT2D eigenvalue weighted by Crippen LogP contribution is 2.21. The largest absolute Gasteiger partial charge is 0.507 e. The molecule has 5 nitrogen and oxygen atoms in total. The van der Waals surface area contributed by atoms with Crippen molar-refractivity contribution in [1.82, 2.24) is 10.9 Å². The zero-order valence-corrected chi connectivity index (χ0v) is 12.2. The molecule has 0 unspecified atom stereocenters. The molecule has 0 radical (unpaired) electrons. The molecule has 0 aliphatic heterocycles. The third-order valence-electron chi connectivity index (χ3n) is 2.94. The molecule has 0 aromatic heterocycles. The van der Waals surface area contributed by atoms with Crippen LogP contribution in [0, 0.1) is 12.7 Å². The Kier molecular flexibility index (Phi) is 4.62. The summed E-state index contributed by atoms with van der Waals surface area (Å²) >= 11 is 5.74. The Hall–Kier alpha value is -2.60. The van der Waals surface area contributed by atoms with Gasteiger partial charge in [0, 0.05) is 10.6 Å². The molecule has 2 aromatic rings. The van der Waals surface area contributed by atoms with Gasteiger partial charge in [-0.15, -0.1) is 0 Å². The van der Waals surface area contributed by atoms with Gasteiger partial charge in [0.25, 0.3) is 11.8 Å². The van der Waals surface area contributed by atoms with Gasteiger partial charge in [-0.1, -0.05) is 17.7 Å². The number of aromatic hydroxyl groups is 1. The monoisotopic (exact) mass is 322 g/mol. The third kappa shape index (κ3) is 3.53. The van der Waals surface area contributed by atoms with Crippen LogP contribution in [0.5, 0.6) is 5.75 Å². The molecule has 0 fully saturated rings. The van der Waals surface area contributed by atoms with Gasteiger partial charge in [0.2, 0.25) is 0 Å². The Morgan fingerprint density at radius 2 is 1.68 bits per heavy atom. The molecule has 0 spiro atoms. The predicted molar refractivity (Wildman–Crippen MR) is 79.2 cm³/mol. The average molecular weight is 323 g/mol. The normalized spacial score (nSPS) is 10.1. The number of phenols is 1. The van der Waals surface area contributed by atoms with Crippen molar-refractivity contribution in [3.05, 3.63) is 63.9 Å². The van der Waals surface area contributed by atoms with Crippen molar-refractivity contribution in [3.63, 3.8) is 0 Å². The lowest BCUT2D eigenvalue weighted by atomic mass is 10.1. The van der Waals surface area contributed by atoms with Crippen molar-refractivity contribution in [1.29, 1.82) is 0 Å². The van der Waals surface area contributed by atoms with Gasteiger partial charge in [0.15, 0.2) is 0 Å². The molecule has 0 aliphatic rings. The summed E-state index contributed by atoms with van der Waals surface area (Å²) in [6, 6.07) is 7.68. The first kappa shape index (κ1) is 15.8. The maximum atomic E-state index is 13.2. The molecule has 0 heterocycles. The number of phenolic OH excluding ortho intramolecular Hbond substituents is 1. The van der Waals surface area contributed by atoms with Crippen molar-refractivity contribution in [2.45, 2.75) is 6.92 Å². The van der Waals surface area contributed by atoms with Crippen LogP contribution < -0.4 is 10.9 Å². The molecular formula is C15H12ClFN2O3. The second kappa shape index (κ2) is 6.44. The van der Waals surface area contributed by atoms with E-state index in [9.17, 15) is 19.1 Å². The van der Waals surface area contributed by atoms with E-state index in [0.717, 1.165) is 6.07 Å². The van der Waals surface area contributed by atoms with E-state index in [2.05, 4.69) is 10.9 Å². The molecule has 0 saturated carbocycles. The summed E-state index contributed by atoms with van der Waals surface area (Å²) in [5.41, 5.74) is 4.84. The van der Waals surface area contributed by atoms with E-state index in [1.807, 2.05) is 0 Å². The first-order chi connectivity index (χ1) is 10.4. The number of nitrogens with one attached hydrogen (secondary N) is 2.